The summed E-state index contributed by atoms with van der Waals surface area (Å²) in [4.78, 5) is 9.10. The van der Waals surface area contributed by atoms with Crippen molar-refractivity contribution in [2.45, 2.75) is 39.3 Å². The van der Waals surface area contributed by atoms with E-state index in [1.54, 1.807) is 0 Å². The number of rotatable bonds is 8. The molecule has 5 rings (SSSR count). The number of fused-ring (bicyclic) bond motifs is 2. The molecule has 0 aliphatic carbocycles. The predicted octanol–water partition coefficient (Wildman–Crippen LogP) is 6.71. The highest BCUT2D eigenvalue weighted by Gasteiger charge is 2.27. The Balaban J connectivity index is 1.36. The van der Waals surface area contributed by atoms with Gasteiger partial charge in [-0.05, 0) is 56.5 Å². The monoisotopic (exact) mass is 462 g/mol. The van der Waals surface area contributed by atoms with Crippen LogP contribution in [0.25, 0.3) is 20.8 Å². The van der Waals surface area contributed by atoms with E-state index in [1.165, 1.54) is 31.4 Å². The Morgan fingerprint density at radius 1 is 0.969 bits per heavy atom. The third-order valence-electron chi connectivity index (χ3n) is 6.07. The van der Waals surface area contributed by atoms with Crippen LogP contribution in [0, 0.1) is 0 Å². The van der Waals surface area contributed by atoms with Crippen LogP contribution in [0.3, 0.4) is 0 Å². The fourth-order valence-corrected chi connectivity index (χ4v) is 6.68. The Labute approximate surface area is 198 Å². The van der Waals surface area contributed by atoms with E-state index in [9.17, 15) is 0 Å². The van der Waals surface area contributed by atoms with Crippen molar-refractivity contribution in [2.75, 3.05) is 30.3 Å². The highest BCUT2D eigenvalue weighted by atomic mass is 32.1. The smallest absolute Gasteiger partial charge is 0.127 e. The number of anilines is 2. The normalized spacial score (nSPS) is 14.1. The van der Waals surface area contributed by atoms with Crippen molar-refractivity contribution in [2.24, 2.45) is 0 Å². The first-order chi connectivity index (χ1) is 15.7. The van der Waals surface area contributed by atoms with E-state index in [2.05, 4.69) is 84.0 Å². The van der Waals surface area contributed by atoms with Gasteiger partial charge in [-0.3, -0.25) is 4.90 Å². The molecular weight excluding hydrogens is 432 g/mol. The second-order valence-corrected chi connectivity index (χ2v) is 10.7. The first-order valence-electron chi connectivity index (χ1n) is 11.5. The molecule has 0 atom stereocenters. The van der Waals surface area contributed by atoms with Crippen LogP contribution in [0.1, 0.15) is 30.7 Å². The number of hydrogen-bond donors (Lipinski definition) is 2. The summed E-state index contributed by atoms with van der Waals surface area (Å²) in [6, 6.07) is 19.5. The van der Waals surface area contributed by atoms with Gasteiger partial charge >= 0.3 is 0 Å². The third kappa shape index (κ3) is 4.53. The molecule has 1 aliphatic heterocycles. The topological polar surface area (TPSA) is 40.2 Å². The van der Waals surface area contributed by atoms with Crippen LogP contribution < -0.4 is 10.6 Å². The lowest BCUT2D eigenvalue weighted by Gasteiger charge is -2.30. The molecule has 32 heavy (non-hydrogen) atoms. The summed E-state index contributed by atoms with van der Waals surface area (Å²) in [7, 11) is 0. The zero-order chi connectivity index (χ0) is 21.9. The summed E-state index contributed by atoms with van der Waals surface area (Å²) in [5, 5.41) is 9.73. The van der Waals surface area contributed by atoms with E-state index < -0.39 is 0 Å². The quantitative estimate of drug-likeness (QED) is 0.286. The van der Waals surface area contributed by atoms with Crippen LogP contribution in [-0.2, 0) is 13.0 Å². The fraction of sp³-hybridized carbons (Fsp3) is 0.346. The van der Waals surface area contributed by atoms with E-state index in [0.29, 0.717) is 6.04 Å². The zero-order valence-electron chi connectivity index (χ0n) is 18.7. The SMILES string of the molecule is CC(C)N1CCc2c(sc(NCCCNc3ccccc3)c2-c2nc3ccccc3s2)C1. The zero-order valence-corrected chi connectivity index (χ0v) is 20.4. The van der Waals surface area contributed by atoms with Gasteiger partial charge in [-0.15, -0.1) is 22.7 Å². The van der Waals surface area contributed by atoms with Gasteiger partial charge < -0.3 is 10.6 Å². The largest absolute Gasteiger partial charge is 0.385 e. The Morgan fingerprint density at radius 2 is 1.75 bits per heavy atom. The summed E-state index contributed by atoms with van der Waals surface area (Å²) in [6.07, 6.45) is 2.17. The minimum Gasteiger partial charge on any atom is -0.385 e. The third-order valence-corrected chi connectivity index (χ3v) is 8.29. The Bertz CT molecular complexity index is 1150. The lowest BCUT2D eigenvalue weighted by atomic mass is 10.0. The van der Waals surface area contributed by atoms with Crippen LogP contribution in [-0.4, -0.2) is 35.6 Å². The van der Waals surface area contributed by atoms with E-state index in [4.69, 9.17) is 4.98 Å². The first kappa shape index (κ1) is 21.4. The van der Waals surface area contributed by atoms with Crippen LogP contribution >= 0.6 is 22.7 Å². The van der Waals surface area contributed by atoms with Gasteiger partial charge in [-0.25, -0.2) is 4.98 Å². The van der Waals surface area contributed by atoms with Gasteiger partial charge in [0.15, 0.2) is 0 Å². The summed E-state index contributed by atoms with van der Waals surface area (Å²) in [5.41, 5.74) is 5.15. The molecule has 4 aromatic rings. The molecule has 2 aromatic heterocycles. The van der Waals surface area contributed by atoms with E-state index in [1.807, 2.05) is 22.7 Å². The molecular formula is C26H30N4S2. The maximum absolute atomic E-state index is 5.02. The molecule has 1 aliphatic rings. The second-order valence-electron chi connectivity index (χ2n) is 8.58. The molecule has 4 nitrogen and oxygen atoms in total. The van der Waals surface area contributed by atoms with Gasteiger partial charge in [-0.2, -0.15) is 0 Å². The molecule has 0 saturated heterocycles. The van der Waals surface area contributed by atoms with Gasteiger partial charge in [0.25, 0.3) is 0 Å². The van der Waals surface area contributed by atoms with Crippen LogP contribution in [0.5, 0.6) is 0 Å². The van der Waals surface area contributed by atoms with Crippen molar-refractivity contribution in [3.05, 3.63) is 65.0 Å². The number of para-hydroxylation sites is 2. The number of hydrogen-bond acceptors (Lipinski definition) is 6. The average molecular weight is 463 g/mol. The molecule has 2 aromatic carbocycles. The molecule has 0 saturated carbocycles. The van der Waals surface area contributed by atoms with Crippen LogP contribution in [0.15, 0.2) is 54.6 Å². The van der Waals surface area contributed by atoms with Crippen molar-refractivity contribution in [3.63, 3.8) is 0 Å². The maximum atomic E-state index is 5.02. The van der Waals surface area contributed by atoms with Gasteiger partial charge in [0, 0.05) is 48.3 Å². The Kier molecular flexibility index (Phi) is 6.44. The lowest BCUT2D eigenvalue weighted by molar-refractivity contribution is 0.206. The van der Waals surface area contributed by atoms with Crippen molar-refractivity contribution < 1.29 is 0 Å². The minimum atomic E-state index is 0.580. The molecule has 0 unspecified atom stereocenters. The highest BCUT2D eigenvalue weighted by molar-refractivity contribution is 7.22. The van der Waals surface area contributed by atoms with Crippen LogP contribution in [0.2, 0.25) is 0 Å². The fourth-order valence-electron chi connectivity index (χ4n) is 4.27. The first-order valence-corrected chi connectivity index (χ1v) is 13.1. The van der Waals surface area contributed by atoms with Gasteiger partial charge in [0.05, 0.1) is 15.2 Å². The van der Waals surface area contributed by atoms with Crippen molar-refractivity contribution in [1.29, 1.82) is 0 Å². The molecule has 0 spiro atoms. The van der Waals surface area contributed by atoms with Crippen molar-refractivity contribution in [1.82, 2.24) is 9.88 Å². The maximum Gasteiger partial charge on any atom is 0.127 e. The van der Waals surface area contributed by atoms with Crippen LogP contribution in [0.4, 0.5) is 10.7 Å². The highest BCUT2D eigenvalue weighted by Crippen LogP contribution is 2.45. The number of thiazole rings is 1. The number of nitrogens with zero attached hydrogens (tertiary/aromatic N) is 2. The molecule has 0 amide bonds. The molecule has 0 bridgehead atoms. The molecule has 6 heteroatoms. The summed E-state index contributed by atoms with van der Waals surface area (Å²) < 4.78 is 1.26. The predicted molar refractivity (Wildman–Crippen MR) is 140 cm³/mol. The van der Waals surface area contributed by atoms with Crippen molar-refractivity contribution >= 4 is 43.6 Å². The lowest BCUT2D eigenvalue weighted by Crippen LogP contribution is -2.35. The Hall–Kier alpha value is -2.41. The average Bonchev–Trinajstić information content (AvgIpc) is 3.39. The van der Waals surface area contributed by atoms with Gasteiger partial charge in [0.2, 0.25) is 0 Å². The van der Waals surface area contributed by atoms with E-state index in [0.717, 1.165) is 49.5 Å². The standard InChI is InChI=1S/C26H30N4S2/c1-18(2)30-16-13-20-23(17-30)32-25(28-15-8-14-27-19-9-4-3-5-10-19)24(20)26-29-21-11-6-7-12-22(21)31-26/h3-7,9-12,18,27-28H,8,13-17H2,1-2H3. The number of nitrogens with one attached hydrogen (secondary N) is 2. The summed E-state index contributed by atoms with van der Waals surface area (Å²) in [6.45, 7) is 8.68. The minimum absolute atomic E-state index is 0.580. The van der Waals surface area contributed by atoms with Crippen molar-refractivity contribution in [3.8, 4) is 10.6 Å². The number of benzene rings is 2. The van der Waals surface area contributed by atoms with E-state index in [-0.39, 0.29) is 0 Å². The number of aromatic nitrogens is 1. The van der Waals surface area contributed by atoms with Gasteiger partial charge in [0.1, 0.15) is 5.01 Å². The van der Waals surface area contributed by atoms with E-state index >= 15 is 0 Å². The molecule has 2 N–H and O–H groups in total. The van der Waals surface area contributed by atoms with Gasteiger partial charge in [-0.1, -0.05) is 30.3 Å². The molecule has 0 fully saturated rings. The second kappa shape index (κ2) is 9.61. The molecule has 166 valence electrons. The Morgan fingerprint density at radius 3 is 2.56 bits per heavy atom. The summed E-state index contributed by atoms with van der Waals surface area (Å²) in [5.74, 6) is 0. The molecule has 0 radical (unpaired) electrons. The molecule has 3 heterocycles. The summed E-state index contributed by atoms with van der Waals surface area (Å²) >= 11 is 3.76. The number of thiophene rings is 1.